The second kappa shape index (κ2) is 6.06. The van der Waals surface area contributed by atoms with Crippen molar-refractivity contribution in [3.63, 3.8) is 0 Å². The number of benzene rings is 1. The second-order valence-corrected chi connectivity index (χ2v) is 6.81. The number of rotatable bonds is 3. The number of hydrogen-bond acceptors (Lipinski definition) is 4. The third-order valence-electron chi connectivity index (χ3n) is 5.44. The monoisotopic (exact) mass is 337 g/mol. The zero-order valence-corrected chi connectivity index (χ0v) is 14.7. The molecule has 2 aromatic rings. The highest BCUT2D eigenvalue weighted by molar-refractivity contribution is 6.05. The van der Waals surface area contributed by atoms with E-state index in [-0.39, 0.29) is 5.91 Å². The van der Waals surface area contributed by atoms with E-state index in [1.165, 1.54) is 0 Å². The zero-order chi connectivity index (χ0) is 17.4. The smallest absolute Gasteiger partial charge is 0.236 e. The molecule has 1 aromatic heterocycles. The summed E-state index contributed by atoms with van der Waals surface area (Å²) in [5.74, 6) is 1.77. The summed E-state index contributed by atoms with van der Waals surface area (Å²) in [7, 11) is 0. The number of fused-ring (bicyclic) bond motifs is 2. The number of hydrogen-bond donors (Lipinski definition) is 1. The highest BCUT2D eigenvalue weighted by Gasteiger charge is 2.49. The number of nitrogens with zero attached hydrogens (tertiary/aromatic N) is 2. The topological polar surface area (TPSA) is 54.5 Å². The van der Waals surface area contributed by atoms with Gasteiger partial charge in [-0.05, 0) is 44.4 Å². The van der Waals surface area contributed by atoms with E-state index in [1.54, 1.807) is 6.20 Å². The second-order valence-electron chi connectivity index (χ2n) is 6.81. The average molecular weight is 337 g/mol. The number of pyridine rings is 1. The quantitative estimate of drug-likeness (QED) is 0.934. The van der Waals surface area contributed by atoms with Gasteiger partial charge in [0, 0.05) is 36.6 Å². The number of aromatic nitrogens is 1. The molecule has 4 rings (SSSR count). The Balaban J connectivity index is 1.56. The minimum atomic E-state index is -0.423. The molecule has 1 fully saturated rings. The van der Waals surface area contributed by atoms with Gasteiger partial charge in [-0.1, -0.05) is 12.1 Å². The highest BCUT2D eigenvalue weighted by atomic mass is 16.5. The average Bonchev–Trinajstić information content (AvgIpc) is 2.90. The molecule has 1 saturated heterocycles. The maximum atomic E-state index is 12.6. The number of amides is 1. The van der Waals surface area contributed by atoms with Gasteiger partial charge in [0.2, 0.25) is 5.91 Å². The fraction of sp³-hybridized carbons (Fsp3) is 0.400. The molecule has 0 atom stereocenters. The Labute approximate surface area is 148 Å². The predicted octanol–water partition coefficient (Wildman–Crippen LogP) is 3.28. The van der Waals surface area contributed by atoms with Crippen LogP contribution in [-0.2, 0) is 10.2 Å². The number of nitrogens with one attached hydrogen (secondary N) is 1. The molecular weight excluding hydrogens is 314 g/mol. The summed E-state index contributed by atoms with van der Waals surface area (Å²) in [6.45, 7) is 6.41. The van der Waals surface area contributed by atoms with Gasteiger partial charge in [0.1, 0.15) is 11.6 Å². The van der Waals surface area contributed by atoms with Crippen LogP contribution in [0.2, 0.25) is 0 Å². The standard InChI is InChI=1S/C20H23N3O2/c1-3-25-17-13-15(7-6-14(17)2)23-11-8-20(9-12-23)16-5-4-10-21-18(16)22-19(20)24/h4-7,10,13H,3,8-9,11-12H2,1-2H3,(H,21,22,24). The zero-order valence-electron chi connectivity index (χ0n) is 14.7. The van der Waals surface area contributed by atoms with Crippen LogP contribution in [0.4, 0.5) is 11.5 Å². The van der Waals surface area contributed by atoms with Crippen molar-refractivity contribution >= 4 is 17.4 Å². The molecular formula is C20H23N3O2. The first-order chi connectivity index (χ1) is 12.1. The molecule has 2 aliphatic heterocycles. The molecule has 1 amide bonds. The van der Waals surface area contributed by atoms with Crippen molar-refractivity contribution in [2.75, 3.05) is 29.9 Å². The lowest BCUT2D eigenvalue weighted by atomic mass is 9.74. The van der Waals surface area contributed by atoms with Crippen molar-refractivity contribution in [3.8, 4) is 5.75 Å². The third-order valence-corrected chi connectivity index (χ3v) is 5.44. The Morgan fingerprint density at radius 1 is 1.28 bits per heavy atom. The molecule has 130 valence electrons. The Kier molecular flexibility index (Phi) is 3.86. The molecule has 0 saturated carbocycles. The molecule has 1 spiro atoms. The van der Waals surface area contributed by atoms with Gasteiger partial charge in [0.15, 0.2) is 0 Å². The van der Waals surface area contributed by atoms with Gasteiger partial charge < -0.3 is 15.0 Å². The van der Waals surface area contributed by atoms with Crippen molar-refractivity contribution in [1.82, 2.24) is 4.98 Å². The fourth-order valence-corrected chi connectivity index (χ4v) is 3.98. The summed E-state index contributed by atoms with van der Waals surface area (Å²) in [4.78, 5) is 19.3. The van der Waals surface area contributed by atoms with Crippen molar-refractivity contribution < 1.29 is 9.53 Å². The lowest BCUT2D eigenvalue weighted by Crippen LogP contribution is -2.46. The number of carbonyl (C=O) groups is 1. The molecule has 1 N–H and O–H groups in total. The van der Waals surface area contributed by atoms with Gasteiger partial charge >= 0.3 is 0 Å². The van der Waals surface area contributed by atoms with Gasteiger partial charge in [-0.15, -0.1) is 0 Å². The summed E-state index contributed by atoms with van der Waals surface area (Å²) >= 11 is 0. The van der Waals surface area contributed by atoms with Crippen LogP contribution < -0.4 is 15.0 Å². The maximum absolute atomic E-state index is 12.6. The molecule has 0 radical (unpaired) electrons. The van der Waals surface area contributed by atoms with E-state index in [2.05, 4.69) is 40.3 Å². The Morgan fingerprint density at radius 3 is 2.84 bits per heavy atom. The number of piperidine rings is 1. The number of ether oxygens (including phenoxy) is 1. The van der Waals surface area contributed by atoms with Gasteiger partial charge in [0.25, 0.3) is 0 Å². The molecule has 25 heavy (non-hydrogen) atoms. The van der Waals surface area contributed by atoms with Gasteiger partial charge in [-0.25, -0.2) is 4.98 Å². The third kappa shape index (κ3) is 2.54. The van der Waals surface area contributed by atoms with Crippen LogP contribution in [-0.4, -0.2) is 30.6 Å². The van der Waals surface area contributed by atoms with E-state index in [4.69, 9.17) is 4.74 Å². The fourth-order valence-electron chi connectivity index (χ4n) is 3.98. The molecule has 5 nitrogen and oxygen atoms in total. The van der Waals surface area contributed by atoms with Crippen LogP contribution >= 0.6 is 0 Å². The molecule has 5 heteroatoms. The molecule has 0 unspecified atom stereocenters. The van der Waals surface area contributed by atoms with Crippen LogP contribution in [0.3, 0.4) is 0 Å². The Morgan fingerprint density at radius 2 is 2.08 bits per heavy atom. The first-order valence-corrected chi connectivity index (χ1v) is 8.89. The number of anilines is 2. The molecule has 0 aliphatic carbocycles. The summed E-state index contributed by atoms with van der Waals surface area (Å²) in [6, 6.07) is 10.3. The van der Waals surface area contributed by atoms with Gasteiger partial charge in [-0.3, -0.25) is 4.79 Å². The number of carbonyl (C=O) groups excluding carboxylic acids is 1. The molecule has 1 aromatic carbocycles. The lowest BCUT2D eigenvalue weighted by molar-refractivity contribution is -0.121. The largest absolute Gasteiger partial charge is 0.494 e. The molecule has 2 aliphatic rings. The summed E-state index contributed by atoms with van der Waals surface area (Å²) in [5, 5.41) is 2.96. The minimum Gasteiger partial charge on any atom is -0.494 e. The van der Waals surface area contributed by atoms with Crippen molar-refractivity contribution in [2.45, 2.75) is 32.1 Å². The van der Waals surface area contributed by atoms with E-state index in [9.17, 15) is 4.79 Å². The maximum Gasteiger partial charge on any atom is 0.236 e. The SMILES string of the molecule is CCOc1cc(N2CCC3(CC2)C(=O)Nc2ncccc23)ccc1C. The normalized spacial score (nSPS) is 18.2. The first kappa shape index (κ1) is 15.9. The van der Waals surface area contributed by atoms with E-state index in [0.29, 0.717) is 6.61 Å². The lowest BCUT2D eigenvalue weighted by Gasteiger charge is -2.39. The number of aryl methyl sites for hydroxylation is 1. The highest BCUT2D eigenvalue weighted by Crippen LogP contribution is 2.44. The first-order valence-electron chi connectivity index (χ1n) is 8.89. The van der Waals surface area contributed by atoms with Crippen LogP contribution in [0, 0.1) is 6.92 Å². The van der Waals surface area contributed by atoms with Crippen LogP contribution in [0.25, 0.3) is 0 Å². The minimum absolute atomic E-state index is 0.0970. The molecule has 3 heterocycles. The van der Waals surface area contributed by atoms with Crippen LogP contribution in [0.5, 0.6) is 5.75 Å². The van der Waals surface area contributed by atoms with Gasteiger partial charge in [0.05, 0.1) is 12.0 Å². The van der Waals surface area contributed by atoms with Crippen molar-refractivity contribution in [1.29, 1.82) is 0 Å². The van der Waals surface area contributed by atoms with E-state index in [1.807, 2.05) is 19.1 Å². The Hall–Kier alpha value is -2.56. The van der Waals surface area contributed by atoms with Crippen LogP contribution in [0.1, 0.15) is 30.9 Å². The molecule has 0 bridgehead atoms. The van der Waals surface area contributed by atoms with E-state index in [0.717, 1.165) is 54.3 Å². The summed E-state index contributed by atoms with van der Waals surface area (Å²) in [5.41, 5.74) is 2.94. The predicted molar refractivity (Wildman–Crippen MR) is 98.3 cm³/mol. The van der Waals surface area contributed by atoms with E-state index < -0.39 is 5.41 Å². The summed E-state index contributed by atoms with van der Waals surface area (Å²) < 4.78 is 5.73. The Bertz CT molecular complexity index is 810. The van der Waals surface area contributed by atoms with Gasteiger partial charge in [-0.2, -0.15) is 0 Å². The van der Waals surface area contributed by atoms with Crippen LogP contribution in [0.15, 0.2) is 36.5 Å². The van der Waals surface area contributed by atoms with E-state index >= 15 is 0 Å². The summed E-state index contributed by atoms with van der Waals surface area (Å²) in [6.07, 6.45) is 3.33. The van der Waals surface area contributed by atoms with Crippen molar-refractivity contribution in [2.24, 2.45) is 0 Å². The van der Waals surface area contributed by atoms with Crippen molar-refractivity contribution in [3.05, 3.63) is 47.7 Å².